The molecule has 0 radical (unpaired) electrons. The Balaban J connectivity index is 1.71. The van der Waals surface area contributed by atoms with Crippen molar-refractivity contribution in [1.29, 1.82) is 0 Å². The summed E-state index contributed by atoms with van der Waals surface area (Å²) < 4.78 is 10.4. The second-order valence-electron chi connectivity index (χ2n) is 5.96. The number of ether oxygens (including phenoxy) is 2. The van der Waals surface area contributed by atoms with E-state index in [-0.39, 0.29) is 0 Å². The van der Waals surface area contributed by atoms with Crippen LogP contribution in [0, 0.1) is 5.92 Å². The van der Waals surface area contributed by atoms with Gasteiger partial charge in [-0.3, -0.25) is 4.90 Å². The van der Waals surface area contributed by atoms with Gasteiger partial charge in [-0.05, 0) is 44.6 Å². The Morgan fingerprint density at radius 2 is 1.79 bits per heavy atom. The molecule has 4 heteroatoms. The Morgan fingerprint density at radius 1 is 1.00 bits per heavy atom. The molecule has 0 saturated heterocycles. The van der Waals surface area contributed by atoms with Crippen molar-refractivity contribution in [3.8, 4) is 0 Å². The first-order valence-electron chi connectivity index (χ1n) is 7.80. The van der Waals surface area contributed by atoms with Gasteiger partial charge in [0.1, 0.15) is 0 Å². The van der Waals surface area contributed by atoms with Gasteiger partial charge in [-0.1, -0.05) is 0 Å². The Hall–Kier alpha value is -0.160. The van der Waals surface area contributed by atoms with Gasteiger partial charge in [0.05, 0.1) is 6.61 Å². The highest BCUT2D eigenvalue weighted by atomic mass is 16.5. The molecular formula is C15H30N2O2. The highest BCUT2D eigenvalue weighted by Gasteiger charge is 2.35. The molecule has 2 aliphatic rings. The van der Waals surface area contributed by atoms with Gasteiger partial charge in [-0.15, -0.1) is 0 Å². The molecule has 2 rings (SSSR count). The van der Waals surface area contributed by atoms with Gasteiger partial charge < -0.3 is 14.8 Å². The van der Waals surface area contributed by atoms with E-state index in [1.54, 1.807) is 14.2 Å². The molecule has 4 nitrogen and oxygen atoms in total. The topological polar surface area (TPSA) is 33.7 Å². The number of hydrogen-bond donors (Lipinski definition) is 1. The minimum atomic E-state index is 0.762. The van der Waals surface area contributed by atoms with Crippen LogP contribution in [0.25, 0.3) is 0 Å². The zero-order valence-electron chi connectivity index (χ0n) is 12.6. The van der Waals surface area contributed by atoms with Crippen molar-refractivity contribution in [2.45, 2.75) is 44.2 Å². The molecular weight excluding hydrogens is 240 g/mol. The molecule has 0 aromatic heterocycles. The maximum Gasteiger partial charge on any atom is 0.0589 e. The summed E-state index contributed by atoms with van der Waals surface area (Å²) in [5.41, 5.74) is 0. The Labute approximate surface area is 117 Å². The Kier molecular flexibility index (Phi) is 6.57. The average Bonchev–Trinajstić information content (AvgIpc) is 3.19. The predicted molar refractivity (Wildman–Crippen MR) is 77.5 cm³/mol. The first-order valence-corrected chi connectivity index (χ1v) is 7.80. The van der Waals surface area contributed by atoms with Crippen molar-refractivity contribution in [3.63, 3.8) is 0 Å². The first kappa shape index (κ1) is 15.2. The zero-order chi connectivity index (χ0) is 13.5. The average molecular weight is 270 g/mol. The summed E-state index contributed by atoms with van der Waals surface area (Å²) in [6, 6.07) is 1.60. The standard InChI is InChI=1S/C15H30N2O2/c1-18-10-3-8-17(9-11-19-2)15-7-4-13(15)12-16-14-5-6-14/h13-16H,3-12H2,1-2H3. The van der Waals surface area contributed by atoms with Crippen LogP contribution in [0.3, 0.4) is 0 Å². The fourth-order valence-electron chi connectivity index (χ4n) is 2.94. The number of rotatable bonds is 11. The third-order valence-electron chi connectivity index (χ3n) is 4.47. The molecule has 2 unspecified atom stereocenters. The van der Waals surface area contributed by atoms with Gasteiger partial charge in [0.25, 0.3) is 0 Å². The maximum absolute atomic E-state index is 5.25. The van der Waals surface area contributed by atoms with E-state index >= 15 is 0 Å². The third kappa shape index (κ3) is 5.03. The van der Waals surface area contributed by atoms with Crippen LogP contribution in [0.5, 0.6) is 0 Å². The number of nitrogens with zero attached hydrogens (tertiary/aromatic N) is 1. The van der Waals surface area contributed by atoms with Crippen LogP contribution in [-0.2, 0) is 9.47 Å². The maximum atomic E-state index is 5.25. The van der Waals surface area contributed by atoms with Gasteiger partial charge in [0.15, 0.2) is 0 Å². The summed E-state index contributed by atoms with van der Waals surface area (Å²) >= 11 is 0. The fourth-order valence-corrected chi connectivity index (χ4v) is 2.94. The molecule has 2 atom stereocenters. The summed E-state index contributed by atoms with van der Waals surface area (Å²) in [6.07, 6.45) is 6.64. The van der Waals surface area contributed by atoms with Gasteiger partial charge in [-0.2, -0.15) is 0 Å². The first-order chi connectivity index (χ1) is 9.35. The molecule has 0 aromatic rings. The molecule has 0 bridgehead atoms. The van der Waals surface area contributed by atoms with Gasteiger partial charge in [0.2, 0.25) is 0 Å². The Morgan fingerprint density at radius 3 is 2.37 bits per heavy atom. The smallest absolute Gasteiger partial charge is 0.0589 e. The highest BCUT2D eigenvalue weighted by molar-refractivity contribution is 4.92. The number of hydrogen-bond acceptors (Lipinski definition) is 4. The zero-order valence-corrected chi connectivity index (χ0v) is 12.6. The van der Waals surface area contributed by atoms with Crippen LogP contribution >= 0.6 is 0 Å². The van der Waals surface area contributed by atoms with E-state index in [9.17, 15) is 0 Å². The monoisotopic (exact) mass is 270 g/mol. The molecule has 2 fully saturated rings. The summed E-state index contributed by atoms with van der Waals surface area (Å²) in [5.74, 6) is 0.847. The quantitative estimate of drug-likeness (QED) is 0.577. The van der Waals surface area contributed by atoms with E-state index in [0.717, 1.165) is 50.7 Å². The van der Waals surface area contributed by atoms with Crippen molar-refractivity contribution < 1.29 is 9.47 Å². The van der Waals surface area contributed by atoms with Crippen molar-refractivity contribution in [2.75, 3.05) is 47.1 Å². The fraction of sp³-hybridized carbons (Fsp3) is 1.00. The predicted octanol–water partition coefficient (Wildman–Crippen LogP) is 1.50. The molecule has 19 heavy (non-hydrogen) atoms. The lowest BCUT2D eigenvalue weighted by atomic mass is 9.78. The second kappa shape index (κ2) is 8.20. The van der Waals surface area contributed by atoms with E-state index in [2.05, 4.69) is 10.2 Å². The Bertz CT molecular complexity index is 246. The van der Waals surface area contributed by atoms with Crippen LogP contribution < -0.4 is 5.32 Å². The SMILES string of the molecule is COCCCN(CCOC)C1CCC1CNC1CC1. The summed E-state index contributed by atoms with van der Waals surface area (Å²) in [5, 5.41) is 3.68. The molecule has 0 spiro atoms. The summed E-state index contributed by atoms with van der Waals surface area (Å²) in [6.45, 7) is 5.11. The molecule has 0 aliphatic heterocycles. The van der Waals surface area contributed by atoms with E-state index < -0.39 is 0 Å². The molecule has 1 N–H and O–H groups in total. The lowest BCUT2D eigenvalue weighted by Gasteiger charge is -2.44. The molecule has 112 valence electrons. The van der Waals surface area contributed by atoms with Crippen molar-refractivity contribution in [3.05, 3.63) is 0 Å². The van der Waals surface area contributed by atoms with Crippen molar-refractivity contribution in [1.82, 2.24) is 10.2 Å². The number of methoxy groups -OCH3 is 2. The van der Waals surface area contributed by atoms with Crippen LogP contribution in [0.2, 0.25) is 0 Å². The molecule has 0 heterocycles. The van der Waals surface area contributed by atoms with Crippen LogP contribution in [0.1, 0.15) is 32.1 Å². The van der Waals surface area contributed by atoms with E-state index in [4.69, 9.17) is 9.47 Å². The van der Waals surface area contributed by atoms with Crippen LogP contribution in [0.15, 0.2) is 0 Å². The van der Waals surface area contributed by atoms with Crippen LogP contribution in [-0.4, -0.2) is 64.1 Å². The summed E-state index contributed by atoms with van der Waals surface area (Å²) in [4.78, 5) is 2.62. The van der Waals surface area contributed by atoms with Crippen molar-refractivity contribution in [2.24, 2.45) is 5.92 Å². The van der Waals surface area contributed by atoms with E-state index in [1.807, 2.05) is 0 Å². The molecule has 0 amide bonds. The van der Waals surface area contributed by atoms with E-state index in [1.165, 1.54) is 32.2 Å². The third-order valence-corrected chi connectivity index (χ3v) is 4.47. The van der Waals surface area contributed by atoms with Crippen LogP contribution in [0.4, 0.5) is 0 Å². The van der Waals surface area contributed by atoms with E-state index in [0.29, 0.717) is 0 Å². The summed E-state index contributed by atoms with van der Waals surface area (Å²) in [7, 11) is 3.57. The highest BCUT2D eigenvalue weighted by Crippen LogP contribution is 2.32. The van der Waals surface area contributed by atoms with Gasteiger partial charge >= 0.3 is 0 Å². The number of nitrogens with one attached hydrogen (secondary N) is 1. The lowest BCUT2D eigenvalue weighted by Crippen LogP contribution is -2.52. The molecule has 2 saturated carbocycles. The lowest BCUT2D eigenvalue weighted by molar-refractivity contribution is 0.0338. The minimum absolute atomic E-state index is 0.762. The largest absolute Gasteiger partial charge is 0.385 e. The van der Waals surface area contributed by atoms with Gasteiger partial charge in [-0.25, -0.2) is 0 Å². The molecule has 0 aromatic carbocycles. The van der Waals surface area contributed by atoms with Crippen molar-refractivity contribution >= 4 is 0 Å². The minimum Gasteiger partial charge on any atom is -0.385 e. The molecule has 2 aliphatic carbocycles. The van der Waals surface area contributed by atoms with Gasteiger partial charge in [0, 0.05) is 46.0 Å². The second-order valence-corrected chi connectivity index (χ2v) is 5.96. The normalized spacial score (nSPS) is 26.7.